The van der Waals surface area contributed by atoms with Crippen molar-refractivity contribution >= 4 is 24.4 Å². The van der Waals surface area contributed by atoms with Crippen LogP contribution in [0.3, 0.4) is 0 Å². The summed E-state index contributed by atoms with van der Waals surface area (Å²) >= 11 is 4.92. The maximum absolute atomic E-state index is 8.95. The van der Waals surface area contributed by atoms with Gasteiger partial charge >= 0.3 is 7.12 Å². The van der Waals surface area contributed by atoms with E-state index in [1.165, 1.54) is 0 Å². The van der Waals surface area contributed by atoms with Gasteiger partial charge in [0.1, 0.15) is 0 Å². The molecule has 1 N–H and O–H groups in total. The molecule has 52 valence electrons. The number of nitrogens with zero attached hydrogens (tertiary/aromatic N) is 1. The average Bonchev–Trinajstić information content (AvgIpc) is 2.05. The maximum Gasteiger partial charge on any atom is 0.508 e. The van der Waals surface area contributed by atoms with E-state index in [9.17, 15) is 0 Å². The van der Waals surface area contributed by atoms with Gasteiger partial charge in [-0.15, -0.1) is 0 Å². The van der Waals surface area contributed by atoms with Crippen LogP contribution >= 0.6 is 11.9 Å². The minimum absolute atomic E-state index is 0.588. The molecular formula is C5H5BClNO2. The van der Waals surface area contributed by atoms with E-state index in [4.69, 9.17) is 16.9 Å². The lowest BCUT2D eigenvalue weighted by molar-refractivity contribution is 0.457. The van der Waals surface area contributed by atoms with Crippen molar-refractivity contribution < 1.29 is 9.23 Å². The van der Waals surface area contributed by atoms with Crippen molar-refractivity contribution in [2.75, 3.05) is 0 Å². The van der Waals surface area contributed by atoms with Crippen LogP contribution in [0.5, 0.6) is 0 Å². The van der Waals surface area contributed by atoms with E-state index < -0.39 is 7.12 Å². The van der Waals surface area contributed by atoms with Crippen LogP contribution in [-0.4, -0.2) is 17.1 Å². The molecular weight excluding hydrogens is 152 g/mol. The van der Waals surface area contributed by atoms with Gasteiger partial charge in [0, 0.05) is 24.3 Å². The Morgan fingerprint density at radius 2 is 2.10 bits per heavy atom. The molecule has 0 aliphatic rings. The Hall–Kier alpha value is -0.575. The molecule has 0 saturated heterocycles. The second-order valence-electron chi connectivity index (χ2n) is 1.72. The lowest BCUT2D eigenvalue weighted by Crippen LogP contribution is -2.30. The number of hydrogen-bond acceptors (Lipinski definition) is 3. The Labute approximate surface area is 63.9 Å². The largest absolute Gasteiger partial charge is 0.508 e. The third-order valence-corrected chi connectivity index (χ3v) is 1.24. The molecule has 0 saturated carbocycles. The Balaban J connectivity index is 2.75. The number of aromatic nitrogens is 1. The summed E-state index contributed by atoms with van der Waals surface area (Å²) in [6, 6.07) is 3.24. The van der Waals surface area contributed by atoms with Gasteiger partial charge < -0.3 is 9.23 Å². The van der Waals surface area contributed by atoms with Gasteiger partial charge in [-0.2, -0.15) is 0 Å². The van der Waals surface area contributed by atoms with Crippen LogP contribution in [0.25, 0.3) is 0 Å². The van der Waals surface area contributed by atoms with Gasteiger partial charge in [0.15, 0.2) is 0 Å². The first-order valence-electron chi connectivity index (χ1n) is 2.70. The van der Waals surface area contributed by atoms with Crippen molar-refractivity contribution in [2.45, 2.75) is 0 Å². The normalized spacial score (nSPS) is 9.40. The summed E-state index contributed by atoms with van der Waals surface area (Å²) in [7, 11) is -1.07. The van der Waals surface area contributed by atoms with Gasteiger partial charge in [-0.05, 0) is 17.6 Å². The van der Waals surface area contributed by atoms with Gasteiger partial charge in [0.05, 0.1) is 0 Å². The minimum atomic E-state index is -1.07. The van der Waals surface area contributed by atoms with Gasteiger partial charge in [-0.3, -0.25) is 4.98 Å². The second-order valence-corrected chi connectivity index (χ2v) is 1.90. The maximum atomic E-state index is 8.95. The summed E-state index contributed by atoms with van der Waals surface area (Å²) in [6.07, 6.45) is 3.10. The highest BCUT2D eigenvalue weighted by Gasteiger charge is 2.14. The molecule has 0 atom stereocenters. The third kappa shape index (κ3) is 1.70. The Kier molecular flexibility index (Phi) is 2.68. The van der Waals surface area contributed by atoms with Crippen molar-refractivity contribution in [1.29, 1.82) is 0 Å². The van der Waals surface area contributed by atoms with Crippen molar-refractivity contribution in [1.82, 2.24) is 4.98 Å². The molecule has 0 spiro atoms. The highest BCUT2D eigenvalue weighted by molar-refractivity contribution is 6.63. The first kappa shape index (κ1) is 7.53. The minimum Gasteiger partial charge on any atom is -0.422 e. The first-order chi connectivity index (χ1) is 4.84. The lowest BCUT2D eigenvalue weighted by atomic mass is 9.81. The predicted molar refractivity (Wildman–Crippen MR) is 38.8 cm³/mol. The topological polar surface area (TPSA) is 42.4 Å². The molecule has 0 unspecified atom stereocenters. The molecule has 0 fully saturated rings. The third-order valence-electron chi connectivity index (χ3n) is 1.08. The highest BCUT2D eigenvalue weighted by Crippen LogP contribution is 1.87. The summed E-state index contributed by atoms with van der Waals surface area (Å²) in [5, 5.41) is 8.95. The van der Waals surface area contributed by atoms with Crippen molar-refractivity contribution in [3.05, 3.63) is 24.5 Å². The monoisotopic (exact) mass is 157 g/mol. The van der Waals surface area contributed by atoms with Crippen LogP contribution in [0, 0.1) is 0 Å². The van der Waals surface area contributed by atoms with Gasteiger partial charge in [0.2, 0.25) is 0 Å². The predicted octanol–water partition coefficient (Wildman–Crippen LogP) is -0.0605. The summed E-state index contributed by atoms with van der Waals surface area (Å²) in [5.74, 6) is 0. The van der Waals surface area contributed by atoms with Gasteiger partial charge in [-0.25, -0.2) is 0 Å². The molecule has 0 radical (unpaired) electrons. The van der Waals surface area contributed by atoms with Crippen molar-refractivity contribution in [3.8, 4) is 0 Å². The van der Waals surface area contributed by atoms with E-state index in [0.717, 1.165) is 0 Å². The second kappa shape index (κ2) is 3.56. The molecule has 3 nitrogen and oxygen atoms in total. The molecule has 10 heavy (non-hydrogen) atoms. The van der Waals surface area contributed by atoms with Crippen LogP contribution in [-0.2, 0) is 4.21 Å². The smallest absolute Gasteiger partial charge is 0.422 e. The molecule has 0 aromatic carbocycles. The van der Waals surface area contributed by atoms with Crippen LogP contribution < -0.4 is 5.46 Å². The molecule has 0 amide bonds. The zero-order valence-corrected chi connectivity index (χ0v) is 5.82. The van der Waals surface area contributed by atoms with Crippen molar-refractivity contribution in [2.24, 2.45) is 0 Å². The van der Waals surface area contributed by atoms with E-state index in [2.05, 4.69) is 9.19 Å². The van der Waals surface area contributed by atoms with E-state index in [1.807, 2.05) is 0 Å². The van der Waals surface area contributed by atoms with E-state index in [-0.39, 0.29) is 0 Å². The van der Waals surface area contributed by atoms with Gasteiger partial charge in [-0.1, -0.05) is 0 Å². The number of halogens is 1. The Morgan fingerprint density at radius 3 is 2.60 bits per heavy atom. The molecule has 5 heteroatoms. The molecule has 1 aromatic heterocycles. The average molecular weight is 157 g/mol. The first-order valence-corrected chi connectivity index (χ1v) is 3.01. The molecule has 1 aromatic rings. The summed E-state index contributed by atoms with van der Waals surface area (Å²) in [5.41, 5.74) is 0.588. The number of pyridine rings is 1. The van der Waals surface area contributed by atoms with Crippen LogP contribution in [0.4, 0.5) is 0 Å². The fraction of sp³-hybridized carbons (Fsp3) is 0. The highest BCUT2D eigenvalue weighted by atomic mass is 35.5. The zero-order chi connectivity index (χ0) is 7.40. The molecule has 0 aliphatic heterocycles. The van der Waals surface area contributed by atoms with Crippen LogP contribution in [0.2, 0.25) is 0 Å². The number of rotatable bonds is 2. The Bertz CT molecular complexity index is 196. The van der Waals surface area contributed by atoms with E-state index in [0.29, 0.717) is 5.46 Å². The molecule has 1 heterocycles. The molecule has 1 rings (SSSR count). The lowest BCUT2D eigenvalue weighted by Gasteiger charge is -1.98. The SMILES string of the molecule is OB(OCl)c1ccncc1. The van der Waals surface area contributed by atoms with E-state index >= 15 is 0 Å². The van der Waals surface area contributed by atoms with Crippen molar-refractivity contribution in [3.63, 3.8) is 0 Å². The Morgan fingerprint density at radius 1 is 1.50 bits per heavy atom. The van der Waals surface area contributed by atoms with Crippen LogP contribution in [0.1, 0.15) is 0 Å². The molecule has 0 bridgehead atoms. The summed E-state index contributed by atoms with van der Waals surface area (Å²) < 4.78 is 4.14. The summed E-state index contributed by atoms with van der Waals surface area (Å²) in [6.45, 7) is 0. The van der Waals surface area contributed by atoms with E-state index in [1.54, 1.807) is 24.5 Å². The standard InChI is InChI=1S/C5H5BClNO2/c7-10-6(9)5-1-3-8-4-2-5/h1-4,9H. The molecule has 0 aliphatic carbocycles. The number of hydrogen-bond donors (Lipinski definition) is 1. The summed E-state index contributed by atoms with van der Waals surface area (Å²) in [4.78, 5) is 3.75. The fourth-order valence-electron chi connectivity index (χ4n) is 0.580. The fourth-order valence-corrected chi connectivity index (χ4v) is 0.682. The quantitative estimate of drug-likeness (QED) is 0.612. The van der Waals surface area contributed by atoms with Gasteiger partial charge in [0.25, 0.3) is 0 Å². The zero-order valence-electron chi connectivity index (χ0n) is 5.07. The van der Waals surface area contributed by atoms with Crippen LogP contribution in [0.15, 0.2) is 24.5 Å².